The molecule has 2 saturated heterocycles. The maximum atomic E-state index is 13.7. The highest BCUT2D eigenvalue weighted by Gasteiger charge is 2.30. The molecule has 0 unspecified atom stereocenters. The Morgan fingerprint density at radius 1 is 0.967 bits per heavy atom. The van der Waals surface area contributed by atoms with E-state index in [1.165, 1.54) is 12.1 Å². The van der Waals surface area contributed by atoms with Crippen LogP contribution in [-0.4, -0.2) is 139 Å². The van der Waals surface area contributed by atoms with Gasteiger partial charge >= 0.3 is 0 Å². The van der Waals surface area contributed by atoms with Crippen LogP contribution in [0, 0.1) is 18.6 Å². The number of carbonyl (C=O) groups is 3. The number of nitrogens with zero attached hydrogens (tertiary/aromatic N) is 8. The Hall–Kier alpha value is -6.44. The maximum absolute atomic E-state index is 13.7. The number of benzene rings is 2. The smallest absolute Gasteiger partial charge is 0.241 e. The number of aromatic nitrogens is 4. The molecule has 4 aromatic rings. The molecule has 0 saturated carbocycles. The van der Waals surface area contributed by atoms with Crippen LogP contribution in [0.4, 0.5) is 26.2 Å². The molecular weight excluding hydrogens is 789 g/mol. The van der Waals surface area contributed by atoms with Crippen molar-refractivity contribution in [2.24, 2.45) is 5.73 Å². The number of rotatable bonds is 19. The number of hydrogen-bond acceptors (Lipinski definition) is 13. The van der Waals surface area contributed by atoms with Gasteiger partial charge in [-0.1, -0.05) is 49.1 Å². The van der Waals surface area contributed by atoms with Crippen LogP contribution < -0.4 is 37.2 Å². The minimum atomic E-state index is -0.577. The summed E-state index contributed by atoms with van der Waals surface area (Å²) >= 11 is 0. The molecule has 0 aliphatic carbocycles. The van der Waals surface area contributed by atoms with Gasteiger partial charge in [-0.05, 0) is 31.0 Å². The molecule has 2 aromatic carbocycles. The number of nitrogen functional groups attached to an aromatic ring is 1. The fourth-order valence-electron chi connectivity index (χ4n) is 6.97. The highest BCUT2D eigenvalue weighted by Crippen LogP contribution is 2.25. The van der Waals surface area contributed by atoms with Gasteiger partial charge in [-0.2, -0.15) is 15.1 Å². The van der Waals surface area contributed by atoms with Crippen LogP contribution in [0.2, 0.25) is 0 Å². The number of nitrogens with two attached hydrogens (primary N) is 2. The van der Waals surface area contributed by atoms with E-state index in [-0.39, 0.29) is 44.3 Å². The van der Waals surface area contributed by atoms with Crippen LogP contribution in [0.1, 0.15) is 16.8 Å². The average molecular weight is 842 g/mol. The third-order valence-corrected chi connectivity index (χ3v) is 10.5. The molecule has 3 amide bonds. The fourth-order valence-corrected chi connectivity index (χ4v) is 6.97. The molecule has 6 rings (SSSR count). The van der Waals surface area contributed by atoms with Crippen LogP contribution in [0.3, 0.4) is 0 Å². The fraction of sp³-hybridized carbons (Fsp3) is 0.381. The molecule has 0 radical (unpaired) electrons. The van der Waals surface area contributed by atoms with Gasteiger partial charge in [-0.3, -0.25) is 19.3 Å². The van der Waals surface area contributed by atoms with Gasteiger partial charge in [0, 0.05) is 81.9 Å². The molecule has 2 fully saturated rings. The van der Waals surface area contributed by atoms with Crippen LogP contribution in [0.15, 0.2) is 79.1 Å². The van der Waals surface area contributed by atoms with Crippen molar-refractivity contribution in [1.82, 2.24) is 45.5 Å². The van der Waals surface area contributed by atoms with Crippen molar-refractivity contribution < 1.29 is 27.9 Å². The number of anilines is 3. The molecule has 7 N–H and O–H groups in total. The molecule has 324 valence electrons. The Morgan fingerprint density at radius 3 is 2.38 bits per heavy atom. The third kappa shape index (κ3) is 12.3. The van der Waals surface area contributed by atoms with Gasteiger partial charge in [-0.15, -0.1) is 0 Å². The van der Waals surface area contributed by atoms with Crippen LogP contribution in [0.5, 0.6) is 0 Å². The Morgan fingerprint density at radius 2 is 1.67 bits per heavy atom. The third-order valence-electron chi connectivity index (χ3n) is 10.5. The zero-order valence-corrected chi connectivity index (χ0v) is 34.4. The van der Waals surface area contributed by atoms with E-state index < -0.39 is 29.5 Å². The van der Waals surface area contributed by atoms with Crippen molar-refractivity contribution in [2.45, 2.75) is 25.5 Å². The highest BCUT2D eigenvalue weighted by molar-refractivity contribution is 5.85. The predicted octanol–water partition coefficient (Wildman–Crippen LogP) is 1.19. The molecule has 2 aromatic heterocycles. The second kappa shape index (κ2) is 20.7. The normalized spacial score (nSPS) is 15.0. The summed E-state index contributed by atoms with van der Waals surface area (Å²) in [6.07, 6.45) is 6.13. The topological polar surface area (TPSA) is 205 Å². The van der Waals surface area contributed by atoms with Crippen molar-refractivity contribution in [3.05, 3.63) is 108 Å². The van der Waals surface area contributed by atoms with E-state index in [0.29, 0.717) is 62.2 Å². The van der Waals surface area contributed by atoms with Gasteiger partial charge < -0.3 is 46.9 Å². The van der Waals surface area contributed by atoms with Gasteiger partial charge in [0.25, 0.3) is 0 Å². The quantitative estimate of drug-likeness (QED) is 0.0844. The van der Waals surface area contributed by atoms with E-state index in [0.717, 1.165) is 36.0 Å². The van der Waals surface area contributed by atoms with Crippen molar-refractivity contribution >= 4 is 41.3 Å². The highest BCUT2D eigenvalue weighted by atomic mass is 19.1. The molecule has 2 aliphatic rings. The number of carbonyl (C=O) groups excluding carboxylic acids is 3. The van der Waals surface area contributed by atoms with E-state index in [1.807, 2.05) is 59.2 Å². The number of halogens is 2. The second-order valence-electron chi connectivity index (χ2n) is 14.9. The van der Waals surface area contributed by atoms with Gasteiger partial charge in [-0.25, -0.2) is 13.5 Å². The van der Waals surface area contributed by atoms with E-state index >= 15 is 0 Å². The lowest BCUT2D eigenvalue weighted by molar-refractivity contribution is -0.125. The van der Waals surface area contributed by atoms with E-state index in [2.05, 4.69) is 48.6 Å². The molecule has 2 aliphatic heterocycles. The second-order valence-corrected chi connectivity index (χ2v) is 14.9. The van der Waals surface area contributed by atoms with Gasteiger partial charge in [0.1, 0.15) is 24.2 Å². The van der Waals surface area contributed by atoms with Crippen LogP contribution >= 0.6 is 0 Å². The number of ether oxygens (including phenoxy) is 1. The number of nitrogens with one attached hydrogen (secondary N) is 3. The Kier molecular flexibility index (Phi) is 15.0. The van der Waals surface area contributed by atoms with Crippen LogP contribution in [-0.2, 0) is 25.5 Å². The Balaban J connectivity index is 0.936. The number of hydrogen-bond donors (Lipinski definition) is 5. The first-order valence-corrected chi connectivity index (χ1v) is 20.0. The van der Waals surface area contributed by atoms with Gasteiger partial charge in [0.15, 0.2) is 5.82 Å². The minimum absolute atomic E-state index is 0.00500. The molecule has 0 spiro atoms. The van der Waals surface area contributed by atoms with Crippen molar-refractivity contribution in [1.29, 1.82) is 0 Å². The lowest BCUT2D eigenvalue weighted by atomic mass is 10.0. The van der Waals surface area contributed by atoms with Crippen LogP contribution in [0.25, 0.3) is 11.9 Å². The zero-order chi connectivity index (χ0) is 43.5. The Labute approximate surface area is 353 Å². The first-order valence-electron chi connectivity index (χ1n) is 20.0. The molecule has 19 heteroatoms. The molecule has 17 nitrogen and oxygen atoms in total. The summed E-state index contributed by atoms with van der Waals surface area (Å²) in [5.74, 6) is -1.06. The minimum Gasteiger partial charge on any atom is -0.369 e. The number of amides is 3. The van der Waals surface area contributed by atoms with E-state index in [1.54, 1.807) is 22.8 Å². The summed E-state index contributed by atoms with van der Waals surface area (Å²) in [6, 6.07) is 14.4. The lowest BCUT2D eigenvalue weighted by Gasteiger charge is -2.39. The number of likely N-dealkylation sites (N-methyl/N-ethyl adjacent to an activating group) is 1. The predicted molar refractivity (Wildman–Crippen MR) is 228 cm³/mol. The SMILES string of the molecule is C=C([C@H](Cc1ccccc1)NC(=O)CNC(=O)CN)N(C)CC(=O)NCOC1CN(c2cc(-n3ncc(/C=C/CN4CCN(c5cc(F)cc(F)c5)CC4)c3C)nc(N)n2)C1. The number of piperazine rings is 1. The monoisotopic (exact) mass is 841 g/mol. The van der Waals surface area contributed by atoms with Crippen molar-refractivity contribution in [3.8, 4) is 5.82 Å². The standard InChI is InChI=1S/C42H53F2N13O4/c1-28-31(10-7-11-54-12-14-55(15-13-54)34-18-32(43)17-33(44)19-34)22-49-57(28)38-20-37(51-42(46)52-38)56-24-35(25-56)61-27-48-41(60)26-53(3)29(2)36(16-30-8-5-4-6-9-30)50-40(59)23-47-39(58)21-45/h4-10,17-20,22,35-36H,2,11-16,21,23-27,45H2,1,3H3,(H,47,58)(H,48,60)(H,50,59)(H2,46,51,52)/b10-7+/t36-/m0/s1. The molecule has 1 atom stereocenters. The molecule has 0 bridgehead atoms. The summed E-state index contributed by atoms with van der Waals surface area (Å²) in [7, 11) is 1.71. The molecular formula is C42H53F2N13O4. The van der Waals surface area contributed by atoms with Crippen molar-refractivity contribution in [3.63, 3.8) is 0 Å². The van der Waals surface area contributed by atoms with Crippen molar-refractivity contribution in [2.75, 3.05) is 94.8 Å². The summed E-state index contributed by atoms with van der Waals surface area (Å²) in [4.78, 5) is 53.9. The molecule has 4 heterocycles. The maximum Gasteiger partial charge on any atom is 0.241 e. The van der Waals surface area contributed by atoms with Gasteiger partial charge in [0.2, 0.25) is 23.7 Å². The summed E-state index contributed by atoms with van der Waals surface area (Å²) in [6.45, 7) is 10.2. The largest absolute Gasteiger partial charge is 0.369 e. The summed E-state index contributed by atoms with van der Waals surface area (Å²) in [5, 5.41) is 12.7. The van der Waals surface area contributed by atoms with E-state index in [4.69, 9.17) is 16.2 Å². The first-order chi connectivity index (χ1) is 29.3. The lowest BCUT2D eigenvalue weighted by Crippen LogP contribution is -2.54. The average Bonchev–Trinajstić information content (AvgIpc) is 3.59. The zero-order valence-electron chi connectivity index (χ0n) is 34.4. The first kappa shape index (κ1) is 44.1. The summed E-state index contributed by atoms with van der Waals surface area (Å²) in [5.41, 5.74) is 15.3. The van der Waals surface area contributed by atoms with E-state index in [9.17, 15) is 23.2 Å². The molecule has 61 heavy (non-hydrogen) atoms. The Bertz CT molecular complexity index is 2170. The van der Waals surface area contributed by atoms with Gasteiger partial charge in [0.05, 0.1) is 43.7 Å². The summed E-state index contributed by atoms with van der Waals surface area (Å²) < 4.78 is 35.0.